The Labute approximate surface area is 112 Å². The van der Waals surface area contributed by atoms with Crippen LogP contribution in [0.15, 0.2) is 0 Å². The van der Waals surface area contributed by atoms with Crippen LogP contribution in [0.4, 0.5) is 0 Å². The number of hydrogen-bond acceptors (Lipinski definition) is 2. The molecule has 0 aromatic carbocycles. The van der Waals surface area contributed by atoms with Crippen molar-refractivity contribution >= 4 is 0 Å². The van der Waals surface area contributed by atoms with E-state index < -0.39 is 0 Å². The number of hydrogen-bond donors (Lipinski definition) is 0. The monoisotopic (exact) mass is 248 g/mol. The van der Waals surface area contributed by atoms with E-state index in [-0.39, 0.29) is 0 Å². The molecule has 2 heteroatoms. The van der Waals surface area contributed by atoms with Gasteiger partial charge in [0, 0.05) is 11.6 Å². The van der Waals surface area contributed by atoms with E-state index >= 15 is 0 Å². The van der Waals surface area contributed by atoms with Crippen LogP contribution >= 0.6 is 0 Å². The zero-order chi connectivity index (χ0) is 12.4. The van der Waals surface area contributed by atoms with Crippen LogP contribution in [-0.2, 0) is 0 Å². The topological polar surface area (TPSA) is 6.48 Å². The van der Waals surface area contributed by atoms with E-state index in [0.717, 1.165) is 17.4 Å². The number of likely N-dealkylation sites (tertiary alicyclic amines) is 2. The Hall–Kier alpha value is -0.0800. The molecule has 0 aromatic rings. The summed E-state index contributed by atoms with van der Waals surface area (Å²) in [6.45, 7) is 2.69. The van der Waals surface area contributed by atoms with Crippen LogP contribution in [-0.4, -0.2) is 48.6 Å². The molecular weight excluding hydrogens is 220 g/mol. The highest BCUT2D eigenvalue weighted by molar-refractivity contribution is 5.14. The minimum Gasteiger partial charge on any atom is -0.306 e. The lowest BCUT2D eigenvalue weighted by Crippen LogP contribution is -2.50. The van der Waals surface area contributed by atoms with E-state index in [0.29, 0.717) is 5.54 Å². The summed E-state index contributed by atoms with van der Waals surface area (Å²) in [7, 11) is 4.73. The van der Waals surface area contributed by atoms with Crippen molar-refractivity contribution in [1.82, 2.24) is 9.80 Å². The molecule has 0 aromatic heterocycles. The van der Waals surface area contributed by atoms with Gasteiger partial charge in [-0.05, 0) is 89.9 Å². The molecule has 2 unspecified atom stereocenters. The van der Waals surface area contributed by atoms with Gasteiger partial charge >= 0.3 is 0 Å². The van der Waals surface area contributed by atoms with Crippen LogP contribution in [0.5, 0.6) is 0 Å². The Morgan fingerprint density at radius 3 is 2.22 bits per heavy atom. The lowest BCUT2D eigenvalue weighted by Gasteiger charge is -2.46. The molecule has 0 bridgehead atoms. The molecule has 0 amide bonds. The van der Waals surface area contributed by atoms with Crippen molar-refractivity contribution < 1.29 is 0 Å². The first kappa shape index (κ1) is 11.7. The summed E-state index contributed by atoms with van der Waals surface area (Å²) in [5, 5.41) is 0. The fraction of sp³-hybridized carbons (Fsp3) is 1.00. The summed E-state index contributed by atoms with van der Waals surface area (Å²) in [6.07, 6.45) is 12.0. The van der Waals surface area contributed by atoms with Gasteiger partial charge in [0.05, 0.1) is 0 Å². The van der Waals surface area contributed by atoms with Gasteiger partial charge in [-0.1, -0.05) is 0 Å². The second-order valence-electron chi connectivity index (χ2n) is 7.77. The Bertz CT molecular complexity index is 339. The van der Waals surface area contributed by atoms with Crippen molar-refractivity contribution in [2.45, 2.75) is 62.9 Å². The van der Waals surface area contributed by atoms with Crippen molar-refractivity contribution in [2.75, 3.05) is 27.2 Å². The fourth-order valence-corrected chi connectivity index (χ4v) is 5.36. The Morgan fingerprint density at radius 1 is 0.944 bits per heavy atom. The van der Waals surface area contributed by atoms with E-state index in [9.17, 15) is 0 Å². The number of rotatable bonds is 1. The number of piperidine rings is 1. The predicted octanol–water partition coefficient (Wildman–Crippen LogP) is 2.74. The smallest absolute Gasteiger partial charge is 0.0210 e. The van der Waals surface area contributed by atoms with Gasteiger partial charge in [0.2, 0.25) is 0 Å². The molecule has 102 valence electrons. The third-order valence-corrected chi connectivity index (χ3v) is 7.14. The average Bonchev–Trinajstić information content (AvgIpc) is 2.88. The molecule has 0 N–H and O–H groups in total. The lowest BCUT2D eigenvalue weighted by atomic mass is 9.75. The highest BCUT2D eigenvalue weighted by atomic mass is 15.3. The third-order valence-electron chi connectivity index (χ3n) is 7.14. The Balaban J connectivity index is 1.44. The maximum absolute atomic E-state index is 2.83. The molecule has 2 atom stereocenters. The van der Waals surface area contributed by atoms with E-state index in [1.165, 1.54) is 58.0 Å². The maximum Gasteiger partial charge on any atom is 0.0210 e. The largest absolute Gasteiger partial charge is 0.306 e. The highest BCUT2D eigenvalue weighted by Crippen LogP contribution is 2.64. The van der Waals surface area contributed by atoms with Gasteiger partial charge < -0.3 is 4.90 Å². The van der Waals surface area contributed by atoms with E-state index in [2.05, 4.69) is 23.9 Å². The summed E-state index contributed by atoms with van der Waals surface area (Å²) in [6, 6.07) is 0.939. The first-order valence-electron chi connectivity index (χ1n) is 8.07. The van der Waals surface area contributed by atoms with E-state index in [4.69, 9.17) is 0 Å². The molecule has 2 nitrogen and oxygen atoms in total. The van der Waals surface area contributed by atoms with Gasteiger partial charge in [-0.3, -0.25) is 4.90 Å². The average molecular weight is 248 g/mol. The highest BCUT2D eigenvalue weighted by Gasteiger charge is 2.62. The molecule has 18 heavy (non-hydrogen) atoms. The van der Waals surface area contributed by atoms with E-state index in [1.807, 2.05) is 0 Å². The lowest BCUT2D eigenvalue weighted by molar-refractivity contribution is 0.0419. The second kappa shape index (κ2) is 3.73. The van der Waals surface area contributed by atoms with Crippen molar-refractivity contribution in [1.29, 1.82) is 0 Å². The molecule has 4 aliphatic rings. The van der Waals surface area contributed by atoms with Crippen molar-refractivity contribution in [3.05, 3.63) is 0 Å². The first-order valence-corrected chi connectivity index (χ1v) is 8.07. The Kier molecular flexibility index (Phi) is 2.43. The second-order valence-corrected chi connectivity index (χ2v) is 7.77. The van der Waals surface area contributed by atoms with Crippen LogP contribution in [0.3, 0.4) is 0 Å². The molecular formula is C16H28N2. The summed E-state index contributed by atoms with van der Waals surface area (Å²) in [4.78, 5) is 5.35. The third kappa shape index (κ3) is 1.48. The molecule has 2 saturated carbocycles. The maximum atomic E-state index is 2.83. The Morgan fingerprint density at radius 2 is 1.67 bits per heavy atom. The van der Waals surface area contributed by atoms with Gasteiger partial charge in [0.15, 0.2) is 0 Å². The van der Waals surface area contributed by atoms with Crippen LogP contribution in [0.2, 0.25) is 0 Å². The van der Waals surface area contributed by atoms with Crippen molar-refractivity contribution in [3.8, 4) is 0 Å². The predicted molar refractivity (Wildman–Crippen MR) is 74.6 cm³/mol. The minimum atomic E-state index is 0.667. The van der Waals surface area contributed by atoms with Gasteiger partial charge in [-0.25, -0.2) is 0 Å². The molecule has 0 radical (unpaired) electrons. The number of nitrogens with zero attached hydrogens (tertiary/aromatic N) is 2. The zero-order valence-electron chi connectivity index (χ0n) is 12.1. The molecule has 2 aliphatic carbocycles. The molecule has 2 spiro atoms. The van der Waals surface area contributed by atoms with Crippen molar-refractivity contribution in [3.63, 3.8) is 0 Å². The SMILES string of the molecule is CN1CCC2(CC1)CC2C1CCC2(CCC2)N1C. The fourth-order valence-electron chi connectivity index (χ4n) is 5.36. The quantitative estimate of drug-likeness (QED) is 0.704. The van der Waals surface area contributed by atoms with Gasteiger partial charge in [-0.2, -0.15) is 0 Å². The summed E-state index contributed by atoms with van der Waals surface area (Å²) in [5.74, 6) is 1.05. The van der Waals surface area contributed by atoms with Crippen LogP contribution in [0, 0.1) is 11.3 Å². The van der Waals surface area contributed by atoms with Gasteiger partial charge in [0.25, 0.3) is 0 Å². The minimum absolute atomic E-state index is 0.667. The van der Waals surface area contributed by atoms with Gasteiger partial charge in [-0.15, -0.1) is 0 Å². The van der Waals surface area contributed by atoms with Crippen LogP contribution < -0.4 is 0 Å². The molecule has 2 heterocycles. The molecule has 2 aliphatic heterocycles. The van der Waals surface area contributed by atoms with Gasteiger partial charge in [0.1, 0.15) is 0 Å². The summed E-state index contributed by atoms with van der Waals surface area (Å²) >= 11 is 0. The normalized spacial score (nSPS) is 42.3. The summed E-state index contributed by atoms with van der Waals surface area (Å²) < 4.78 is 0. The molecule has 4 rings (SSSR count). The zero-order valence-corrected chi connectivity index (χ0v) is 12.1. The van der Waals surface area contributed by atoms with E-state index in [1.54, 1.807) is 6.42 Å². The van der Waals surface area contributed by atoms with Crippen LogP contribution in [0.25, 0.3) is 0 Å². The molecule has 2 saturated heterocycles. The standard InChI is InChI=1S/C16H28N2/c1-17-10-8-15(9-11-17)12-13(15)14-4-7-16(18(14)2)5-3-6-16/h13-14H,3-12H2,1-2H3. The summed E-state index contributed by atoms with van der Waals surface area (Å²) in [5.41, 5.74) is 1.45. The van der Waals surface area contributed by atoms with Crippen molar-refractivity contribution in [2.24, 2.45) is 11.3 Å². The van der Waals surface area contributed by atoms with Crippen LogP contribution in [0.1, 0.15) is 51.4 Å². The first-order chi connectivity index (χ1) is 8.65. The molecule has 4 fully saturated rings.